The van der Waals surface area contributed by atoms with Gasteiger partial charge in [0, 0.05) is 0 Å². The van der Waals surface area contributed by atoms with Gasteiger partial charge >= 0.3 is 0 Å². The van der Waals surface area contributed by atoms with E-state index >= 15 is 0 Å². The maximum Gasteiger partial charge on any atom is 0.0503 e. The molecule has 0 saturated carbocycles. The van der Waals surface area contributed by atoms with E-state index in [9.17, 15) is 0 Å². The number of rotatable bonds is 4. The standard InChI is InChI=1S/C13H16N2S/c1-10-4-2-3-5-12(10)13(15-14)8-11-6-7-16-9-11/h2-7,9,13,15H,8,14H2,1H3. The Balaban J connectivity index is 2.20. The number of aryl methyl sites for hydroxylation is 1. The van der Waals surface area contributed by atoms with Crippen molar-refractivity contribution in [3.05, 3.63) is 57.8 Å². The van der Waals surface area contributed by atoms with Gasteiger partial charge < -0.3 is 0 Å². The summed E-state index contributed by atoms with van der Waals surface area (Å²) in [6.45, 7) is 2.12. The molecular weight excluding hydrogens is 216 g/mol. The van der Waals surface area contributed by atoms with E-state index in [0.717, 1.165) is 6.42 Å². The number of benzene rings is 1. The first-order valence-corrected chi connectivity index (χ1v) is 6.28. The lowest BCUT2D eigenvalue weighted by Crippen LogP contribution is -2.30. The molecule has 84 valence electrons. The number of hydrazine groups is 1. The lowest BCUT2D eigenvalue weighted by atomic mass is 9.97. The maximum atomic E-state index is 5.64. The summed E-state index contributed by atoms with van der Waals surface area (Å²) in [5.74, 6) is 5.64. The quantitative estimate of drug-likeness (QED) is 0.628. The average Bonchev–Trinajstić information content (AvgIpc) is 2.80. The van der Waals surface area contributed by atoms with Crippen molar-refractivity contribution < 1.29 is 0 Å². The van der Waals surface area contributed by atoms with Crippen LogP contribution in [0.2, 0.25) is 0 Å². The molecule has 3 N–H and O–H groups in total. The molecule has 1 aromatic carbocycles. The molecule has 16 heavy (non-hydrogen) atoms. The fourth-order valence-electron chi connectivity index (χ4n) is 1.88. The fourth-order valence-corrected chi connectivity index (χ4v) is 2.56. The second-order valence-corrected chi connectivity index (χ2v) is 4.69. The van der Waals surface area contributed by atoms with Gasteiger partial charge in [-0.2, -0.15) is 11.3 Å². The zero-order valence-corrected chi connectivity index (χ0v) is 10.1. The smallest absolute Gasteiger partial charge is 0.0503 e. The molecular formula is C13H16N2S. The molecule has 0 bridgehead atoms. The van der Waals surface area contributed by atoms with Crippen LogP contribution in [0.5, 0.6) is 0 Å². The van der Waals surface area contributed by atoms with E-state index in [0.29, 0.717) is 0 Å². The molecule has 0 saturated heterocycles. The third kappa shape index (κ3) is 2.50. The Labute approximate surface area is 100 Å². The molecule has 0 spiro atoms. The van der Waals surface area contributed by atoms with Crippen LogP contribution in [0.1, 0.15) is 22.7 Å². The van der Waals surface area contributed by atoms with Crippen LogP contribution in [0.3, 0.4) is 0 Å². The number of hydrogen-bond acceptors (Lipinski definition) is 3. The van der Waals surface area contributed by atoms with Crippen molar-refractivity contribution in [1.29, 1.82) is 0 Å². The van der Waals surface area contributed by atoms with Crippen LogP contribution in [-0.4, -0.2) is 0 Å². The third-order valence-electron chi connectivity index (χ3n) is 2.78. The second-order valence-electron chi connectivity index (χ2n) is 3.91. The normalized spacial score (nSPS) is 12.6. The van der Waals surface area contributed by atoms with Crippen LogP contribution in [0.4, 0.5) is 0 Å². The first kappa shape index (κ1) is 11.3. The molecule has 0 fully saturated rings. The first-order valence-electron chi connectivity index (χ1n) is 5.34. The summed E-state index contributed by atoms with van der Waals surface area (Å²) in [5, 5.41) is 4.27. The van der Waals surface area contributed by atoms with Gasteiger partial charge in [-0.25, -0.2) is 0 Å². The van der Waals surface area contributed by atoms with Gasteiger partial charge in [-0.3, -0.25) is 11.3 Å². The summed E-state index contributed by atoms with van der Waals surface area (Å²) in [5.41, 5.74) is 6.78. The Kier molecular flexibility index (Phi) is 3.72. The van der Waals surface area contributed by atoms with Gasteiger partial charge in [0.15, 0.2) is 0 Å². The highest BCUT2D eigenvalue weighted by molar-refractivity contribution is 7.07. The lowest BCUT2D eigenvalue weighted by molar-refractivity contribution is 0.550. The molecule has 1 atom stereocenters. The van der Waals surface area contributed by atoms with Gasteiger partial charge in [0.2, 0.25) is 0 Å². The summed E-state index contributed by atoms with van der Waals surface area (Å²) < 4.78 is 0. The highest BCUT2D eigenvalue weighted by atomic mass is 32.1. The van der Waals surface area contributed by atoms with Crippen molar-refractivity contribution in [2.45, 2.75) is 19.4 Å². The number of nitrogens with one attached hydrogen (secondary N) is 1. The van der Waals surface area contributed by atoms with Crippen molar-refractivity contribution in [2.24, 2.45) is 5.84 Å². The Bertz CT molecular complexity index is 437. The van der Waals surface area contributed by atoms with E-state index in [1.165, 1.54) is 16.7 Å². The molecule has 2 rings (SSSR count). The summed E-state index contributed by atoms with van der Waals surface area (Å²) in [6, 6.07) is 10.7. The predicted molar refractivity (Wildman–Crippen MR) is 69.3 cm³/mol. The zero-order chi connectivity index (χ0) is 11.4. The van der Waals surface area contributed by atoms with E-state index in [-0.39, 0.29) is 6.04 Å². The Morgan fingerprint density at radius 3 is 2.75 bits per heavy atom. The van der Waals surface area contributed by atoms with Crippen LogP contribution in [0, 0.1) is 6.92 Å². The largest absolute Gasteiger partial charge is 0.271 e. The minimum Gasteiger partial charge on any atom is -0.271 e. The van der Waals surface area contributed by atoms with Crippen LogP contribution in [0.25, 0.3) is 0 Å². The molecule has 0 radical (unpaired) electrons. The van der Waals surface area contributed by atoms with Crippen LogP contribution in [0.15, 0.2) is 41.1 Å². The molecule has 0 amide bonds. The van der Waals surface area contributed by atoms with Gasteiger partial charge in [0.1, 0.15) is 0 Å². The lowest BCUT2D eigenvalue weighted by Gasteiger charge is -2.17. The SMILES string of the molecule is Cc1ccccc1C(Cc1ccsc1)NN. The van der Waals surface area contributed by atoms with Crippen molar-refractivity contribution in [1.82, 2.24) is 5.43 Å². The predicted octanol–water partition coefficient (Wildman–Crippen LogP) is 2.80. The van der Waals surface area contributed by atoms with Crippen LogP contribution in [-0.2, 0) is 6.42 Å². The molecule has 0 aliphatic heterocycles. The Hall–Kier alpha value is -1.16. The van der Waals surface area contributed by atoms with Crippen molar-refractivity contribution in [3.8, 4) is 0 Å². The summed E-state index contributed by atoms with van der Waals surface area (Å²) >= 11 is 1.72. The molecule has 2 aromatic rings. The van der Waals surface area contributed by atoms with Crippen LogP contribution < -0.4 is 11.3 Å². The van der Waals surface area contributed by atoms with Gasteiger partial charge in [-0.05, 0) is 46.9 Å². The van der Waals surface area contributed by atoms with E-state index < -0.39 is 0 Å². The summed E-state index contributed by atoms with van der Waals surface area (Å²) in [7, 11) is 0. The molecule has 1 aromatic heterocycles. The molecule has 0 aliphatic carbocycles. The van der Waals surface area contributed by atoms with Gasteiger partial charge in [0.05, 0.1) is 6.04 Å². The van der Waals surface area contributed by atoms with Crippen molar-refractivity contribution >= 4 is 11.3 Å². The topological polar surface area (TPSA) is 38.0 Å². The van der Waals surface area contributed by atoms with Gasteiger partial charge in [-0.15, -0.1) is 0 Å². The van der Waals surface area contributed by atoms with E-state index in [1.807, 2.05) is 0 Å². The minimum atomic E-state index is 0.191. The summed E-state index contributed by atoms with van der Waals surface area (Å²) in [4.78, 5) is 0. The number of hydrogen-bond donors (Lipinski definition) is 2. The fraction of sp³-hybridized carbons (Fsp3) is 0.231. The van der Waals surface area contributed by atoms with Gasteiger partial charge in [-0.1, -0.05) is 24.3 Å². The highest BCUT2D eigenvalue weighted by Gasteiger charge is 2.12. The molecule has 0 aliphatic rings. The monoisotopic (exact) mass is 232 g/mol. The maximum absolute atomic E-state index is 5.64. The first-order chi connectivity index (χ1) is 7.81. The van der Waals surface area contributed by atoms with E-state index in [4.69, 9.17) is 5.84 Å². The number of thiophene rings is 1. The van der Waals surface area contributed by atoms with Crippen molar-refractivity contribution in [2.75, 3.05) is 0 Å². The minimum absolute atomic E-state index is 0.191. The second kappa shape index (κ2) is 5.25. The molecule has 3 heteroatoms. The van der Waals surface area contributed by atoms with E-state index in [2.05, 4.69) is 53.4 Å². The molecule has 1 heterocycles. The van der Waals surface area contributed by atoms with E-state index in [1.54, 1.807) is 11.3 Å². The Morgan fingerprint density at radius 1 is 1.31 bits per heavy atom. The number of nitrogens with two attached hydrogens (primary N) is 1. The molecule has 1 unspecified atom stereocenters. The van der Waals surface area contributed by atoms with Crippen molar-refractivity contribution in [3.63, 3.8) is 0 Å². The summed E-state index contributed by atoms with van der Waals surface area (Å²) in [6.07, 6.45) is 0.935. The Morgan fingerprint density at radius 2 is 2.12 bits per heavy atom. The zero-order valence-electron chi connectivity index (χ0n) is 9.31. The average molecular weight is 232 g/mol. The third-order valence-corrected chi connectivity index (χ3v) is 3.52. The molecule has 2 nitrogen and oxygen atoms in total. The highest BCUT2D eigenvalue weighted by Crippen LogP contribution is 2.21. The van der Waals surface area contributed by atoms with Crippen LogP contribution >= 0.6 is 11.3 Å². The van der Waals surface area contributed by atoms with Gasteiger partial charge in [0.25, 0.3) is 0 Å².